The van der Waals surface area contributed by atoms with Crippen LogP contribution in [0.4, 0.5) is 5.69 Å². The Labute approximate surface area is 184 Å². The number of rotatable bonds is 10. The quantitative estimate of drug-likeness (QED) is 0.250. The van der Waals surface area contributed by atoms with Crippen LogP contribution in [0.15, 0.2) is 42.6 Å². The number of carbonyl (C=O) groups excluding carboxylic acids is 1. The van der Waals surface area contributed by atoms with Crippen molar-refractivity contribution < 1.29 is 9.53 Å². The van der Waals surface area contributed by atoms with E-state index < -0.39 is 0 Å². The molecule has 0 fully saturated rings. The number of benzene rings is 2. The lowest BCUT2D eigenvalue weighted by molar-refractivity contribution is -0.143. The van der Waals surface area contributed by atoms with Gasteiger partial charge in [-0.2, -0.15) is 5.26 Å². The van der Waals surface area contributed by atoms with E-state index in [2.05, 4.69) is 22.9 Å². The van der Waals surface area contributed by atoms with Gasteiger partial charge in [0, 0.05) is 41.3 Å². The minimum atomic E-state index is -0.0950. The van der Waals surface area contributed by atoms with Gasteiger partial charge in [-0.3, -0.25) is 4.79 Å². The van der Waals surface area contributed by atoms with Gasteiger partial charge < -0.3 is 15.0 Å². The highest BCUT2D eigenvalue weighted by Crippen LogP contribution is 2.35. The largest absolute Gasteiger partial charge is 0.466 e. The van der Waals surface area contributed by atoms with Crippen LogP contribution >= 0.6 is 0 Å². The van der Waals surface area contributed by atoms with Crippen LogP contribution in [0.3, 0.4) is 0 Å². The van der Waals surface area contributed by atoms with Gasteiger partial charge in [0.05, 0.1) is 18.2 Å². The summed E-state index contributed by atoms with van der Waals surface area (Å²) in [7, 11) is 0. The molecular formula is C26H31N3O2. The van der Waals surface area contributed by atoms with Gasteiger partial charge in [0.1, 0.15) is 0 Å². The number of hydrogen-bond acceptors (Lipinski definition) is 4. The number of nitriles is 1. The number of hydrogen-bond donors (Lipinski definition) is 1. The van der Waals surface area contributed by atoms with Gasteiger partial charge in [0.25, 0.3) is 0 Å². The first kappa shape index (κ1) is 22.4. The molecule has 3 aromatic rings. The van der Waals surface area contributed by atoms with Crippen LogP contribution in [0.1, 0.15) is 56.6 Å². The van der Waals surface area contributed by atoms with E-state index in [9.17, 15) is 10.1 Å². The van der Waals surface area contributed by atoms with E-state index in [1.807, 2.05) is 44.2 Å². The smallest absolute Gasteiger partial charge is 0.305 e. The molecule has 0 radical (unpaired) electrons. The lowest BCUT2D eigenvalue weighted by Crippen LogP contribution is -2.03. The Balaban J connectivity index is 1.70. The van der Waals surface area contributed by atoms with E-state index in [0.717, 1.165) is 71.9 Å². The Morgan fingerprint density at radius 2 is 1.87 bits per heavy atom. The Morgan fingerprint density at radius 1 is 1.10 bits per heavy atom. The average molecular weight is 418 g/mol. The first-order chi connectivity index (χ1) is 15.0. The van der Waals surface area contributed by atoms with Crippen molar-refractivity contribution in [2.75, 3.05) is 12.3 Å². The molecule has 5 nitrogen and oxygen atoms in total. The summed E-state index contributed by atoms with van der Waals surface area (Å²) in [6.45, 7) is 5.25. The third kappa shape index (κ3) is 5.46. The van der Waals surface area contributed by atoms with Crippen molar-refractivity contribution in [3.8, 4) is 17.2 Å². The molecule has 2 N–H and O–H groups in total. The highest BCUT2D eigenvalue weighted by molar-refractivity contribution is 5.98. The van der Waals surface area contributed by atoms with Crippen LogP contribution in [0.2, 0.25) is 0 Å². The van der Waals surface area contributed by atoms with Crippen LogP contribution < -0.4 is 5.73 Å². The van der Waals surface area contributed by atoms with Gasteiger partial charge in [-0.05, 0) is 62.1 Å². The van der Waals surface area contributed by atoms with E-state index in [1.165, 1.54) is 0 Å². The second kappa shape index (κ2) is 10.7. The summed E-state index contributed by atoms with van der Waals surface area (Å²) < 4.78 is 7.25. The molecule has 31 heavy (non-hydrogen) atoms. The maximum atomic E-state index is 11.4. The second-order valence-electron chi connectivity index (χ2n) is 7.92. The fourth-order valence-electron chi connectivity index (χ4n) is 4.03. The topological polar surface area (TPSA) is 81.0 Å². The summed E-state index contributed by atoms with van der Waals surface area (Å²) in [5.41, 5.74) is 12.0. The van der Waals surface area contributed by atoms with Crippen molar-refractivity contribution >= 4 is 22.6 Å². The summed E-state index contributed by atoms with van der Waals surface area (Å²) in [6.07, 6.45) is 7.93. The van der Waals surface area contributed by atoms with Gasteiger partial charge >= 0.3 is 5.97 Å². The maximum Gasteiger partial charge on any atom is 0.305 e. The van der Waals surface area contributed by atoms with Gasteiger partial charge in [0.2, 0.25) is 0 Å². The van der Waals surface area contributed by atoms with Crippen LogP contribution in [-0.4, -0.2) is 17.1 Å². The Bertz CT molecular complexity index is 1090. The van der Waals surface area contributed by atoms with Crippen LogP contribution in [0.5, 0.6) is 0 Å². The highest BCUT2D eigenvalue weighted by atomic mass is 16.5. The summed E-state index contributed by atoms with van der Waals surface area (Å²) >= 11 is 0. The minimum absolute atomic E-state index is 0.0950. The van der Waals surface area contributed by atoms with Gasteiger partial charge in [-0.15, -0.1) is 0 Å². The Kier molecular flexibility index (Phi) is 7.72. The van der Waals surface area contributed by atoms with Gasteiger partial charge in [-0.1, -0.05) is 31.4 Å². The summed E-state index contributed by atoms with van der Waals surface area (Å²) in [6, 6.07) is 14.1. The molecule has 0 spiro atoms. The fourth-order valence-corrected chi connectivity index (χ4v) is 4.03. The standard InChI is InChI=1S/C26H31N3O2/c1-3-31-26(30)12-7-5-4-6-8-15-29-18-23(21-10-9-11-24(28)19(21)2)22-16-20(17-27)13-14-25(22)29/h9-11,13-14,16,18H,3-8,12,15,28H2,1-2H3. The van der Waals surface area contributed by atoms with Gasteiger partial charge in [0.15, 0.2) is 0 Å². The molecular weight excluding hydrogens is 386 g/mol. The van der Waals surface area contributed by atoms with Crippen molar-refractivity contribution in [2.45, 2.75) is 58.9 Å². The predicted octanol–water partition coefficient (Wildman–Crippen LogP) is 5.97. The second-order valence-corrected chi connectivity index (χ2v) is 7.92. The van der Waals surface area contributed by atoms with E-state index in [1.54, 1.807) is 0 Å². The maximum absolute atomic E-state index is 11.4. The monoisotopic (exact) mass is 417 g/mol. The lowest BCUT2D eigenvalue weighted by Gasteiger charge is -2.07. The number of carbonyl (C=O) groups is 1. The van der Waals surface area contributed by atoms with Crippen LogP contribution in [0, 0.1) is 18.3 Å². The molecule has 0 atom stereocenters. The molecule has 0 aliphatic carbocycles. The summed E-state index contributed by atoms with van der Waals surface area (Å²) in [5.74, 6) is -0.0950. The number of nitrogens with two attached hydrogens (primary N) is 1. The highest BCUT2D eigenvalue weighted by Gasteiger charge is 2.14. The van der Waals surface area contributed by atoms with Crippen molar-refractivity contribution in [1.29, 1.82) is 5.26 Å². The third-order valence-electron chi connectivity index (χ3n) is 5.76. The number of aryl methyl sites for hydroxylation is 1. The number of unbranched alkanes of at least 4 members (excludes halogenated alkanes) is 4. The fraction of sp³-hybridized carbons (Fsp3) is 0.385. The van der Waals surface area contributed by atoms with E-state index >= 15 is 0 Å². The summed E-state index contributed by atoms with van der Waals surface area (Å²) in [5, 5.41) is 10.5. The van der Waals surface area contributed by atoms with E-state index in [0.29, 0.717) is 18.6 Å². The number of nitrogen functional groups attached to an aromatic ring is 1. The first-order valence-corrected chi connectivity index (χ1v) is 11.1. The van der Waals surface area contributed by atoms with Crippen LogP contribution in [-0.2, 0) is 16.1 Å². The number of aromatic nitrogens is 1. The molecule has 1 aromatic heterocycles. The number of esters is 1. The average Bonchev–Trinajstić information content (AvgIpc) is 3.12. The van der Waals surface area contributed by atoms with E-state index in [4.69, 9.17) is 10.5 Å². The molecule has 1 heterocycles. The zero-order valence-corrected chi connectivity index (χ0v) is 18.5. The number of ether oxygens (including phenoxy) is 1. The lowest BCUT2D eigenvalue weighted by atomic mass is 9.98. The van der Waals surface area contributed by atoms with Gasteiger partial charge in [-0.25, -0.2) is 0 Å². The van der Waals surface area contributed by atoms with Crippen molar-refractivity contribution in [3.63, 3.8) is 0 Å². The predicted molar refractivity (Wildman–Crippen MR) is 126 cm³/mol. The molecule has 0 amide bonds. The molecule has 0 aliphatic rings. The molecule has 162 valence electrons. The molecule has 0 saturated carbocycles. The molecule has 5 heteroatoms. The molecule has 0 unspecified atom stereocenters. The molecule has 0 bridgehead atoms. The number of anilines is 1. The molecule has 3 rings (SSSR count). The molecule has 2 aromatic carbocycles. The zero-order chi connectivity index (χ0) is 22.2. The summed E-state index contributed by atoms with van der Waals surface area (Å²) in [4.78, 5) is 11.4. The first-order valence-electron chi connectivity index (χ1n) is 11.1. The number of fused-ring (bicyclic) bond motifs is 1. The third-order valence-corrected chi connectivity index (χ3v) is 5.76. The minimum Gasteiger partial charge on any atom is -0.466 e. The number of nitrogens with zero attached hydrogens (tertiary/aromatic N) is 2. The van der Waals surface area contributed by atoms with Crippen LogP contribution in [0.25, 0.3) is 22.0 Å². The molecule has 0 aliphatic heterocycles. The van der Waals surface area contributed by atoms with Crippen molar-refractivity contribution in [1.82, 2.24) is 4.57 Å². The van der Waals surface area contributed by atoms with Crippen molar-refractivity contribution in [2.24, 2.45) is 0 Å². The SMILES string of the molecule is CCOC(=O)CCCCCCCn1cc(-c2cccc(N)c2C)c2cc(C#N)ccc21. The normalized spacial score (nSPS) is 10.9. The van der Waals surface area contributed by atoms with Crippen molar-refractivity contribution in [3.05, 3.63) is 53.7 Å². The Hall–Kier alpha value is -3.26. The zero-order valence-electron chi connectivity index (χ0n) is 18.5. The Morgan fingerprint density at radius 3 is 2.65 bits per heavy atom. The van der Waals surface area contributed by atoms with E-state index in [-0.39, 0.29) is 5.97 Å². The molecule has 0 saturated heterocycles.